The molecule has 0 bridgehead atoms. The van der Waals surface area contributed by atoms with Crippen LogP contribution >= 0.6 is 11.6 Å². The molecular formula is C19H20ClNO5S. The van der Waals surface area contributed by atoms with Crippen LogP contribution in [0.1, 0.15) is 24.2 Å². The molecule has 2 aromatic rings. The third kappa shape index (κ3) is 4.68. The Morgan fingerprint density at radius 2 is 1.74 bits per heavy atom. The fourth-order valence-corrected chi connectivity index (χ4v) is 4.69. The molecule has 1 heterocycles. The summed E-state index contributed by atoms with van der Waals surface area (Å²) in [4.78, 5) is 12.4. The van der Waals surface area contributed by atoms with Crippen molar-refractivity contribution in [1.29, 1.82) is 0 Å². The van der Waals surface area contributed by atoms with E-state index < -0.39 is 16.0 Å². The fraction of sp³-hybridized carbons (Fsp3) is 0.316. The van der Waals surface area contributed by atoms with Crippen molar-refractivity contribution in [3.8, 4) is 5.75 Å². The SMILES string of the molecule is C[C@@H]1CN(S(=O)(=O)c2cccc(C(=O)Oc3ccc(Cl)cc3)c2)C[C@@H](C)O1. The molecule has 0 spiro atoms. The molecule has 0 radical (unpaired) electrons. The summed E-state index contributed by atoms with van der Waals surface area (Å²) in [5.41, 5.74) is 0.153. The van der Waals surface area contributed by atoms with Crippen LogP contribution in [-0.2, 0) is 14.8 Å². The molecule has 6 nitrogen and oxygen atoms in total. The summed E-state index contributed by atoms with van der Waals surface area (Å²) < 4.78 is 38.2. The molecule has 0 aromatic heterocycles. The molecule has 0 aliphatic carbocycles. The van der Waals surface area contributed by atoms with E-state index in [1.165, 1.54) is 28.6 Å². The molecule has 1 saturated heterocycles. The largest absolute Gasteiger partial charge is 0.423 e. The Morgan fingerprint density at radius 1 is 1.11 bits per heavy atom. The van der Waals surface area contributed by atoms with E-state index in [9.17, 15) is 13.2 Å². The Kier molecular flexibility index (Phi) is 5.86. The standard InChI is InChI=1S/C19H20ClNO5S/c1-13-11-21(12-14(2)25-13)27(23,24)18-5-3-4-15(10-18)19(22)26-17-8-6-16(20)7-9-17/h3-10,13-14H,11-12H2,1-2H3/t13-,14-/m1/s1. The van der Waals surface area contributed by atoms with E-state index in [0.717, 1.165) is 0 Å². The highest BCUT2D eigenvalue weighted by molar-refractivity contribution is 7.89. The molecule has 8 heteroatoms. The first kappa shape index (κ1) is 19.8. The Balaban J connectivity index is 1.82. The second kappa shape index (κ2) is 7.98. The zero-order valence-electron chi connectivity index (χ0n) is 15.0. The molecule has 3 rings (SSSR count). The van der Waals surface area contributed by atoms with Crippen molar-refractivity contribution in [2.45, 2.75) is 31.0 Å². The highest BCUT2D eigenvalue weighted by Crippen LogP contribution is 2.23. The highest BCUT2D eigenvalue weighted by atomic mass is 35.5. The van der Waals surface area contributed by atoms with Crippen LogP contribution in [0.4, 0.5) is 0 Å². The van der Waals surface area contributed by atoms with Gasteiger partial charge in [-0.15, -0.1) is 0 Å². The van der Waals surface area contributed by atoms with Gasteiger partial charge in [0.1, 0.15) is 5.75 Å². The topological polar surface area (TPSA) is 72.9 Å². The molecule has 2 aromatic carbocycles. The minimum Gasteiger partial charge on any atom is -0.423 e. The van der Waals surface area contributed by atoms with Crippen molar-refractivity contribution in [3.63, 3.8) is 0 Å². The lowest BCUT2D eigenvalue weighted by atomic mass is 10.2. The van der Waals surface area contributed by atoms with E-state index in [1.807, 2.05) is 13.8 Å². The van der Waals surface area contributed by atoms with Crippen LogP contribution in [-0.4, -0.2) is 44.0 Å². The average molecular weight is 410 g/mol. The van der Waals surface area contributed by atoms with Crippen molar-refractivity contribution < 1.29 is 22.7 Å². The predicted molar refractivity (Wildman–Crippen MR) is 102 cm³/mol. The van der Waals surface area contributed by atoms with Gasteiger partial charge in [-0.3, -0.25) is 0 Å². The minimum atomic E-state index is -3.73. The maximum Gasteiger partial charge on any atom is 0.343 e. The number of hydrogen-bond donors (Lipinski definition) is 0. The fourth-order valence-electron chi connectivity index (χ4n) is 2.93. The Labute approximate surface area is 163 Å². The van der Waals surface area contributed by atoms with Crippen molar-refractivity contribution in [3.05, 3.63) is 59.1 Å². The highest BCUT2D eigenvalue weighted by Gasteiger charge is 2.32. The molecule has 0 saturated carbocycles. The van der Waals surface area contributed by atoms with Gasteiger partial charge in [0, 0.05) is 18.1 Å². The summed E-state index contributed by atoms with van der Waals surface area (Å²) in [7, 11) is -3.73. The molecule has 0 amide bonds. The van der Waals surface area contributed by atoms with Gasteiger partial charge in [0.15, 0.2) is 0 Å². The van der Waals surface area contributed by atoms with Crippen molar-refractivity contribution >= 4 is 27.6 Å². The van der Waals surface area contributed by atoms with Gasteiger partial charge in [0.05, 0.1) is 22.7 Å². The van der Waals surface area contributed by atoms with Crippen LogP contribution < -0.4 is 4.74 Å². The minimum absolute atomic E-state index is 0.0503. The monoisotopic (exact) mass is 409 g/mol. The summed E-state index contributed by atoms with van der Waals surface area (Å²) in [6.45, 7) is 4.20. The number of carbonyl (C=O) groups is 1. The summed E-state index contributed by atoms with van der Waals surface area (Å²) >= 11 is 5.81. The van der Waals surface area contributed by atoms with E-state index in [1.54, 1.807) is 24.3 Å². The summed E-state index contributed by atoms with van der Waals surface area (Å²) in [6.07, 6.45) is -0.386. The summed E-state index contributed by atoms with van der Waals surface area (Å²) in [5.74, 6) is -0.313. The number of sulfonamides is 1. The Morgan fingerprint density at radius 3 is 2.37 bits per heavy atom. The molecular weight excluding hydrogens is 390 g/mol. The quantitative estimate of drug-likeness (QED) is 0.572. The van der Waals surface area contributed by atoms with Crippen LogP contribution in [0.3, 0.4) is 0 Å². The maximum atomic E-state index is 13.0. The lowest BCUT2D eigenvalue weighted by Gasteiger charge is -2.34. The number of carbonyl (C=O) groups excluding carboxylic acids is 1. The third-order valence-electron chi connectivity index (χ3n) is 4.12. The maximum absolute atomic E-state index is 13.0. The van der Waals surface area contributed by atoms with Crippen LogP contribution in [0.5, 0.6) is 5.75 Å². The molecule has 144 valence electrons. The Bertz CT molecular complexity index is 919. The molecule has 0 unspecified atom stereocenters. The van der Waals surface area contributed by atoms with Crippen LogP contribution in [0.15, 0.2) is 53.4 Å². The van der Waals surface area contributed by atoms with Crippen molar-refractivity contribution in [1.82, 2.24) is 4.31 Å². The molecule has 27 heavy (non-hydrogen) atoms. The first-order valence-electron chi connectivity index (χ1n) is 8.49. The lowest BCUT2D eigenvalue weighted by molar-refractivity contribution is -0.0440. The normalized spacial score (nSPS) is 21.0. The average Bonchev–Trinajstić information content (AvgIpc) is 2.63. The summed E-state index contributed by atoms with van der Waals surface area (Å²) in [5, 5.41) is 0.525. The zero-order chi connectivity index (χ0) is 19.6. The Hall–Kier alpha value is -1.93. The van der Waals surface area contributed by atoms with Gasteiger partial charge in [-0.1, -0.05) is 17.7 Å². The van der Waals surface area contributed by atoms with E-state index in [4.69, 9.17) is 21.1 Å². The van der Waals surface area contributed by atoms with Crippen LogP contribution in [0.2, 0.25) is 5.02 Å². The number of hydrogen-bond acceptors (Lipinski definition) is 5. The first-order chi connectivity index (χ1) is 12.8. The van der Waals surface area contributed by atoms with Gasteiger partial charge in [0.25, 0.3) is 0 Å². The van der Waals surface area contributed by atoms with E-state index in [2.05, 4.69) is 0 Å². The van der Waals surface area contributed by atoms with E-state index >= 15 is 0 Å². The van der Waals surface area contributed by atoms with Gasteiger partial charge >= 0.3 is 5.97 Å². The number of rotatable bonds is 4. The predicted octanol–water partition coefficient (Wildman–Crippen LogP) is 3.36. The van der Waals surface area contributed by atoms with Crippen LogP contribution in [0.25, 0.3) is 0 Å². The van der Waals surface area contributed by atoms with Crippen molar-refractivity contribution in [2.75, 3.05) is 13.1 Å². The van der Waals surface area contributed by atoms with Gasteiger partial charge in [-0.2, -0.15) is 4.31 Å². The van der Waals surface area contributed by atoms with Gasteiger partial charge < -0.3 is 9.47 Å². The second-order valence-electron chi connectivity index (χ2n) is 6.45. The van der Waals surface area contributed by atoms with Gasteiger partial charge in [0.2, 0.25) is 10.0 Å². The number of benzene rings is 2. The molecule has 1 fully saturated rings. The van der Waals surface area contributed by atoms with E-state index in [0.29, 0.717) is 10.8 Å². The van der Waals surface area contributed by atoms with E-state index in [-0.39, 0.29) is 35.8 Å². The van der Waals surface area contributed by atoms with Crippen LogP contribution in [0, 0.1) is 0 Å². The molecule has 2 atom stereocenters. The third-order valence-corrected chi connectivity index (χ3v) is 6.20. The number of halogens is 1. The first-order valence-corrected chi connectivity index (χ1v) is 10.3. The number of nitrogens with zero attached hydrogens (tertiary/aromatic N) is 1. The number of ether oxygens (including phenoxy) is 2. The zero-order valence-corrected chi connectivity index (χ0v) is 16.5. The molecule has 1 aliphatic rings. The van der Waals surface area contributed by atoms with Gasteiger partial charge in [-0.05, 0) is 56.3 Å². The molecule has 0 N–H and O–H groups in total. The lowest BCUT2D eigenvalue weighted by Crippen LogP contribution is -2.48. The van der Waals surface area contributed by atoms with Crippen molar-refractivity contribution in [2.24, 2.45) is 0 Å². The smallest absolute Gasteiger partial charge is 0.343 e. The van der Waals surface area contributed by atoms with Gasteiger partial charge in [-0.25, -0.2) is 13.2 Å². The number of esters is 1. The summed E-state index contributed by atoms with van der Waals surface area (Å²) in [6, 6.07) is 12.2. The second-order valence-corrected chi connectivity index (χ2v) is 8.82. The number of morpholine rings is 1. The molecule has 1 aliphatic heterocycles.